The van der Waals surface area contributed by atoms with Gasteiger partial charge in [0.1, 0.15) is 0 Å². The van der Waals surface area contributed by atoms with Crippen LogP contribution in [-0.4, -0.2) is 18.0 Å². The highest BCUT2D eigenvalue weighted by Gasteiger charge is 2.25. The summed E-state index contributed by atoms with van der Waals surface area (Å²) in [7, 11) is 0. The third kappa shape index (κ3) is 3.84. The van der Waals surface area contributed by atoms with E-state index in [1.165, 1.54) is 11.1 Å². The molecule has 2 N–H and O–H groups in total. The molecule has 0 heterocycles. The van der Waals surface area contributed by atoms with Crippen LogP contribution in [0.2, 0.25) is 0 Å². The molecule has 0 aliphatic heterocycles. The number of hydrogen-bond acceptors (Lipinski definition) is 2. The van der Waals surface area contributed by atoms with Gasteiger partial charge in [-0.05, 0) is 37.3 Å². The van der Waals surface area contributed by atoms with Crippen LogP contribution in [-0.2, 0) is 17.8 Å². The van der Waals surface area contributed by atoms with Crippen LogP contribution < -0.4 is 10.6 Å². The van der Waals surface area contributed by atoms with Crippen molar-refractivity contribution in [3.05, 3.63) is 35.4 Å². The molecule has 1 aliphatic carbocycles. The lowest BCUT2D eigenvalue weighted by Gasteiger charge is -2.13. The summed E-state index contributed by atoms with van der Waals surface area (Å²) in [6.07, 6.45) is 3.34. The van der Waals surface area contributed by atoms with Crippen molar-refractivity contribution in [2.45, 2.75) is 51.7 Å². The molecule has 0 saturated heterocycles. The van der Waals surface area contributed by atoms with Crippen molar-refractivity contribution in [2.75, 3.05) is 0 Å². The maximum Gasteiger partial charge on any atom is 0.237 e. The summed E-state index contributed by atoms with van der Waals surface area (Å²) in [4.78, 5) is 11.7. The van der Waals surface area contributed by atoms with Gasteiger partial charge in [0.25, 0.3) is 0 Å². The Kier molecular flexibility index (Phi) is 4.37. The average molecular weight is 246 g/mol. The molecule has 2 rings (SSSR count). The summed E-state index contributed by atoms with van der Waals surface area (Å²) in [5.74, 6) is 0.114. The van der Waals surface area contributed by atoms with Crippen molar-refractivity contribution >= 4 is 5.91 Å². The van der Waals surface area contributed by atoms with Gasteiger partial charge >= 0.3 is 0 Å². The molecule has 1 amide bonds. The molecule has 0 spiro atoms. The first-order valence-corrected chi connectivity index (χ1v) is 6.80. The summed E-state index contributed by atoms with van der Waals surface area (Å²) in [5.41, 5.74) is 2.57. The van der Waals surface area contributed by atoms with Crippen LogP contribution in [0.1, 0.15) is 37.8 Å². The Morgan fingerprint density at radius 3 is 2.44 bits per heavy atom. The molecular weight excluding hydrogens is 224 g/mol. The van der Waals surface area contributed by atoms with Crippen molar-refractivity contribution in [3.63, 3.8) is 0 Å². The van der Waals surface area contributed by atoms with Gasteiger partial charge in [-0.15, -0.1) is 0 Å². The molecule has 3 heteroatoms. The quantitative estimate of drug-likeness (QED) is 0.806. The monoisotopic (exact) mass is 246 g/mol. The van der Waals surface area contributed by atoms with E-state index in [2.05, 4.69) is 41.8 Å². The van der Waals surface area contributed by atoms with Gasteiger partial charge in [0.15, 0.2) is 0 Å². The minimum atomic E-state index is -0.128. The zero-order chi connectivity index (χ0) is 13.0. The molecule has 0 radical (unpaired) electrons. The number of hydrogen-bond donors (Lipinski definition) is 2. The Bertz CT molecular complexity index is 395. The van der Waals surface area contributed by atoms with Crippen LogP contribution in [0.15, 0.2) is 24.3 Å². The van der Waals surface area contributed by atoms with Crippen LogP contribution in [0.3, 0.4) is 0 Å². The van der Waals surface area contributed by atoms with Crippen LogP contribution in [0.25, 0.3) is 0 Å². The molecule has 0 bridgehead atoms. The van der Waals surface area contributed by atoms with E-state index >= 15 is 0 Å². The number of amides is 1. The summed E-state index contributed by atoms with van der Waals surface area (Å²) in [6.45, 7) is 4.80. The van der Waals surface area contributed by atoms with Crippen molar-refractivity contribution in [3.8, 4) is 0 Å². The van der Waals surface area contributed by atoms with E-state index < -0.39 is 0 Å². The topological polar surface area (TPSA) is 41.1 Å². The van der Waals surface area contributed by atoms with E-state index in [1.54, 1.807) is 0 Å². The number of carbonyl (C=O) groups is 1. The Hall–Kier alpha value is -1.35. The highest BCUT2D eigenvalue weighted by molar-refractivity contribution is 5.81. The summed E-state index contributed by atoms with van der Waals surface area (Å²) in [6, 6.07) is 8.84. The van der Waals surface area contributed by atoms with Crippen molar-refractivity contribution in [1.29, 1.82) is 0 Å². The zero-order valence-electron chi connectivity index (χ0n) is 11.2. The van der Waals surface area contributed by atoms with Gasteiger partial charge in [-0.1, -0.05) is 31.2 Å². The maximum absolute atomic E-state index is 11.7. The van der Waals surface area contributed by atoms with Gasteiger partial charge in [-0.3, -0.25) is 4.79 Å². The Balaban J connectivity index is 1.76. The van der Waals surface area contributed by atoms with E-state index in [-0.39, 0.29) is 11.9 Å². The number of carbonyl (C=O) groups excluding carboxylic acids is 1. The molecule has 98 valence electrons. The van der Waals surface area contributed by atoms with Crippen LogP contribution in [0.5, 0.6) is 0 Å². The van der Waals surface area contributed by atoms with Crippen LogP contribution in [0, 0.1) is 0 Å². The molecule has 3 nitrogen and oxygen atoms in total. The second-order valence-electron chi connectivity index (χ2n) is 5.06. The van der Waals surface area contributed by atoms with Crippen molar-refractivity contribution < 1.29 is 4.79 Å². The fourth-order valence-electron chi connectivity index (χ4n) is 1.81. The fraction of sp³-hybridized carbons (Fsp3) is 0.533. The van der Waals surface area contributed by atoms with E-state index in [0.717, 1.165) is 25.8 Å². The molecule has 1 unspecified atom stereocenters. The molecule has 1 aliphatic rings. The molecular formula is C15H22N2O. The number of rotatable bonds is 6. The third-order valence-corrected chi connectivity index (χ3v) is 3.36. The minimum Gasteiger partial charge on any atom is -0.352 e. The molecule has 1 aromatic carbocycles. The predicted octanol–water partition coefficient (Wildman–Crippen LogP) is 2.01. The molecule has 18 heavy (non-hydrogen) atoms. The van der Waals surface area contributed by atoms with E-state index in [9.17, 15) is 4.79 Å². The molecule has 1 fully saturated rings. The fourth-order valence-corrected chi connectivity index (χ4v) is 1.81. The Morgan fingerprint density at radius 1 is 1.28 bits per heavy atom. The zero-order valence-corrected chi connectivity index (χ0v) is 11.2. The molecule has 1 aromatic rings. The van der Waals surface area contributed by atoms with Gasteiger partial charge < -0.3 is 10.6 Å². The van der Waals surface area contributed by atoms with Gasteiger partial charge in [-0.2, -0.15) is 0 Å². The predicted molar refractivity (Wildman–Crippen MR) is 73.3 cm³/mol. The lowest BCUT2D eigenvalue weighted by Crippen LogP contribution is -2.42. The standard InChI is InChI=1S/C15H22N2O/c1-3-12-4-6-13(7-5-12)10-16-11(2)15(18)17-14-8-9-14/h4-7,11,14,16H,3,8-10H2,1-2H3,(H,17,18). The average Bonchev–Trinajstić information content (AvgIpc) is 3.20. The molecule has 0 aromatic heterocycles. The van der Waals surface area contributed by atoms with E-state index in [4.69, 9.17) is 0 Å². The first-order valence-electron chi connectivity index (χ1n) is 6.80. The van der Waals surface area contributed by atoms with Gasteiger partial charge in [-0.25, -0.2) is 0 Å². The highest BCUT2D eigenvalue weighted by Crippen LogP contribution is 2.18. The number of benzene rings is 1. The largest absolute Gasteiger partial charge is 0.352 e. The van der Waals surface area contributed by atoms with Gasteiger partial charge in [0.2, 0.25) is 5.91 Å². The lowest BCUT2D eigenvalue weighted by molar-refractivity contribution is -0.122. The summed E-state index contributed by atoms with van der Waals surface area (Å²) >= 11 is 0. The van der Waals surface area contributed by atoms with Gasteiger partial charge in [0, 0.05) is 12.6 Å². The van der Waals surface area contributed by atoms with Crippen molar-refractivity contribution in [2.24, 2.45) is 0 Å². The molecule has 1 saturated carbocycles. The number of nitrogens with one attached hydrogen (secondary N) is 2. The molecule has 1 atom stereocenters. The normalized spacial score (nSPS) is 16.3. The SMILES string of the molecule is CCc1ccc(CNC(C)C(=O)NC2CC2)cc1. The lowest BCUT2D eigenvalue weighted by atomic mass is 10.1. The smallest absolute Gasteiger partial charge is 0.237 e. The summed E-state index contributed by atoms with van der Waals surface area (Å²) < 4.78 is 0. The Labute approximate surface area is 109 Å². The van der Waals surface area contributed by atoms with Gasteiger partial charge in [0.05, 0.1) is 6.04 Å². The van der Waals surface area contributed by atoms with E-state index in [0.29, 0.717) is 6.04 Å². The first kappa shape index (κ1) is 13.1. The van der Waals surface area contributed by atoms with Crippen LogP contribution >= 0.6 is 0 Å². The Morgan fingerprint density at radius 2 is 1.89 bits per heavy atom. The third-order valence-electron chi connectivity index (χ3n) is 3.36. The highest BCUT2D eigenvalue weighted by atomic mass is 16.2. The van der Waals surface area contributed by atoms with Crippen LogP contribution in [0.4, 0.5) is 0 Å². The van der Waals surface area contributed by atoms with Crippen molar-refractivity contribution in [1.82, 2.24) is 10.6 Å². The maximum atomic E-state index is 11.7. The number of aryl methyl sites for hydroxylation is 1. The van der Waals surface area contributed by atoms with E-state index in [1.807, 2.05) is 6.92 Å². The first-order chi connectivity index (χ1) is 8.69. The second kappa shape index (κ2) is 6.01. The minimum absolute atomic E-state index is 0.114. The summed E-state index contributed by atoms with van der Waals surface area (Å²) in [5, 5.41) is 6.26. The second-order valence-corrected chi connectivity index (χ2v) is 5.06.